The van der Waals surface area contributed by atoms with Crippen molar-refractivity contribution < 1.29 is 4.79 Å². The average molecular weight is 186 g/mol. The number of carbonyl (C=O) groups excluding carboxylic acids is 1. The molecule has 0 N–H and O–H groups in total. The molecular weight excluding hydrogens is 172 g/mol. The van der Waals surface area contributed by atoms with E-state index in [2.05, 4.69) is 24.3 Å². The lowest BCUT2D eigenvalue weighted by Gasteiger charge is -2.09. The Morgan fingerprint density at radius 1 is 1.14 bits per heavy atom. The normalized spacial score (nSPS) is 34.3. The van der Waals surface area contributed by atoms with Gasteiger partial charge in [-0.3, -0.25) is 4.79 Å². The summed E-state index contributed by atoms with van der Waals surface area (Å²) in [5, 5.41) is 0. The molecule has 0 heterocycles. The predicted octanol–water partition coefficient (Wildman–Crippen LogP) is 2.45. The fraction of sp³-hybridized carbons (Fsp3) is 0.462. The Labute approximate surface area is 84.1 Å². The molecule has 0 saturated heterocycles. The number of rotatable bonds is 2. The molecule has 1 aromatic carbocycles. The highest BCUT2D eigenvalue weighted by Gasteiger charge is 2.52. The minimum Gasteiger partial charge on any atom is -0.299 e. The Kier molecular flexibility index (Phi) is 1.73. The van der Waals surface area contributed by atoms with E-state index in [4.69, 9.17) is 0 Å². The summed E-state index contributed by atoms with van der Waals surface area (Å²) in [7, 11) is 0. The molecule has 2 fully saturated rings. The molecule has 0 amide bonds. The number of Topliss-reactive ketones (excluding diaryl/α,β-unsaturated/α-hetero) is 1. The van der Waals surface area contributed by atoms with Gasteiger partial charge in [-0.15, -0.1) is 0 Å². The summed E-state index contributed by atoms with van der Waals surface area (Å²) in [6.07, 6.45) is 3.30. The van der Waals surface area contributed by atoms with Crippen LogP contribution < -0.4 is 0 Å². The molecule has 3 atom stereocenters. The molecule has 14 heavy (non-hydrogen) atoms. The summed E-state index contributed by atoms with van der Waals surface area (Å²) in [4.78, 5) is 11.8. The van der Waals surface area contributed by atoms with Crippen LogP contribution in [0, 0.1) is 17.8 Å². The number of ketones is 1. The first kappa shape index (κ1) is 8.22. The lowest BCUT2D eigenvalue weighted by molar-refractivity contribution is -0.122. The quantitative estimate of drug-likeness (QED) is 0.693. The molecule has 1 aromatic rings. The molecule has 2 saturated carbocycles. The topological polar surface area (TPSA) is 17.1 Å². The third kappa shape index (κ3) is 1.28. The maximum atomic E-state index is 11.8. The van der Waals surface area contributed by atoms with E-state index in [1.807, 2.05) is 6.07 Å². The first-order valence-corrected chi connectivity index (χ1v) is 5.42. The SMILES string of the molecule is O=C1[C@H](Cc2ccccc2)C[C@@H]2C[C@@H]12. The third-order valence-corrected chi connectivity index (χ3v) is 3.60. The van der Waals surface area contributed by atoms with Crippen molar-refractivity contribution in [2.45, 2.75) is 19.3 Å². The number of carbonyl (C=O) groups is 1. The van der Waals surface area contributed by atoms with Crippen molar-refractivity contribution >= 4 is 5.78 Å². The van der Waals surface area contributed by atoms with Gasteiger partial charge < -0.3 is 0 Å². The summed E-state index contributed by atoms with van der Waals surface area (Å²) in [5.41, 5.74) is 1.31. The predicted molar refractivity (Wildman–Crippen MR) is 54.9 cm³/mol. The highest BCUT2D eigenvalue weighted by atomic mass is 16.1. The zero-order valence-electron chi connectivity index (χ0n) is 8.15. The number of benzene rings is 1. The second-order valence-electron chi connectivity index (χ2n) is 4.63. The van der Waals surface area contributed by atoms with E-state index in [0.29, 0.717) is 17.6 Å². The Hall–Kier alpha value is -1.11. The lowest BCUT2D eigenvalue weighted by Crippen LogP contribution is -2.13. The van der Waals surface area contributed by atoms with Crippen molar-refractivity contribution in [1.82, 2.24) is 0 Å². The van der Waals surface area contributed by atoms with Crippen molar-refractivity contribution in [3.8, 4) is 0 Å². The highest BCUT2D eigenvalue weighted by molar-refractivity contribution is 5.89. The summed E-state index contributed by atoms with van der Waals surface area (Å²) in [6.45, 7) is 0. The largest absolute Gasteiger partial charge is 0.299 e. The van der Waals surface area contributed by atoms with Gasteiger partial charge in [0.1, 0.15) is 5.78 Å². The maximum absolute atomic E-state index is 11.8. The molecule has 1 nitrogen and oxygen atoms in total. The van der Waals surface area contributed by atoms with E-state index in [0.717, 1.165) is 18.8 Å². The molecule has 0 aromatic heterocycles. The van der Waals surface area contributed by atoms with Crippen LogP contribution >= 0.6 is 0 Å². The van der Waals surface area contributed by atoms with Gasteiger partial charge in [-0.1, -0.05) is 30.3 Å². The van der Waals surface area contributed by atoms with Gasteiger partial charge in [-0.05, 0) is 30.7 Å². The van der Waals surface area contributed by atoms with Gasteiger partial charge in [0.25, 0.3) is 0 Å². The van der Waals surface area contributed by atoms with Gasteiger partial charge in [0, 0.05) is 11.8 Å². The molecule has 1 heteroatoms. The lowest BCUT2D eigenvalue weighted by atomic mass is 9.94. The molecule has 0 unspecified atom stereocenters. The molecule has 72 valence electrons. The molecule has 0 bridgehead atoms. The van der Waals surface area contributed by atoms with E-state index in [-0.39, 0.29) is 0 Å². The van der Waals surface area contributed by atoms with E-state index >= 15 is 0 Å². The first-order valence-electron chi connectivity index (χ1n) is 5.42. The summed E-state index contributed by atoms with van der Waals surface area (Å²) in [5.74, 6) is 2.10. The van der Waals surface area contributed by atoms with Crippen LogP contribution in [0.4, 0.5) is 0 Å². The van der Waals surface area contributed by atoms with Gasteiger partial charge in [-0.2, -0.15) is 0 Å². The average Bonchev–Trinajstić information content (AvgIpc) is 2.91. The standard InChI is InChI=1S/C13H14O/c14-13-11(7-10-8-12(10)13)6-9-4-2-1-3-5-9/h1-5,10-12H,6-8H2/t10-,11-,12-/m1/s1. The van der Waals surface area contributed by atoms with Crippen LogP contribution in [0.3, 0.4) is 0 Å². The molecular formula is C13H14O. The fourth-order valence-electron chi connectivity index (χ4n) is 2.72. The van der Waals surface area contributed by atoms with Crippen molar-refractivity contribution in [1.29, 1.82) is 0 Å². The molecule has 2 aliphatic carbocycles. The maximum Gasteiger partial charge on any atom is 0.139 e. The first-order chi connectivity index (χ1) is 6.84. The van der Waals surface area contributed by atoms with Gasteiger partial charge >= 0.3 is 0 Å². The Bertz CT molecular complexity index is 355. The third-order valence-electron chi connectivity index (χ3n) is 3.60. The minimum absolute atomic E-state index is 0.334. The highest BCUT2D eigenvalue weighted by Crippen LogP contribution is 2.52. The summed E-state index contributed by atoms with van der Waals surface area (Å²) >= 11 is 0. The van der Waals surface area contributed by atoms with Gasteiger partial charge in [0.2, 0.25) is 0 Å². The molecule has 0 spiro atoms. The Balaban J connectivity index is 1.71. The number of hydrogen-bond acceptors (Lipinski definition) is 1. The summed E-state index contributed by atoms with van der Waals surface area (Å²) in [6, 6.07) is 10.4. The second-order valence-corrected chi connectivity index (χ2v) is 4.63. The second kappa shape index (κ2) is 2.94. The van der Waals surface area contributed by atoms with E-state index < -0.39 is 0 Å². The zero-order chi connectivity index (χ0) is 9.54. The van der Waals surface area contributed by atoms with Crippen LogP contribution in [0.5, 0.6) is 0 Å². The van der Waals surface area contributed by atoms with Crippen LogP contribution in [0.15, 0.2) is 30.3 Å². The van der Waals surface area contributed by atoms with Crippen LogP contribution in [0.25, 0.3) is 0 Å². The van der Waals surface area contributed by atoms with Crippen LogP contribution in [0.1, 0.15) is 18.4 Å². The minimum atomic E-state index is 0.334. The van der Waals surface area contributed by atoms with Crippen molar-refractivity contribution in [2.24, 2.45) is 17.8 Å². The fourth-order valence-corrected chi connectivity index (χ4v) is 2.72. The van der Waals surface area contributed by atoms with E-state index in [9.17, 15) is 4.79 Å². The molecule has 0 aliphatic heterocycles. The van der Waals surface area contributed by atoms with E-state index in [1.165, 1.54) is 12.0 Å². The smallest absolute Gasteiger partial charge is 0.139 e. The Morgan fingerprint density at radius 3 is 2.57 bits per heavy atom. The van der Waals surface area contributed by atoms with Crippen LogP contribution in [0.2, 0.25) is 0 Å². The zero-order valence-corrected chi connectivity index (χ0v) is 8.15. The van der Waals surface area contributed by atoms with Gasteiger partial charge in [0.15, 0.2) is 0 Å². The van der Waals surface area contributed by atoms with Gasteiger partial charge in [-0.25, -0.2) is 0 Å². The van der Waals surface area contributed by atoms with Crippen LogP contribution in [-0.4, -0.2) is 5.78 Å². The summed E-state index contributed by atoms with van der Waals surface area (Å²) < 4.78 is 0. The van der Waals surface area contributed by atoms with Crippen molar-refractivity contribution in [2.75, 3.05) is 0 Å². The van der Waals surface area contributed by atoms with Crippen molar-refractivity contribution in [3.05, 3.63) is 35.9 Å². The number of hydrogen-bond donors (Lipinski definition) is 0. The molecule has 2 aliphatic rings. The van der Waals surface area contributed by atoms with Crippen LogP contribution in [-0.2, 0) is 11.2 Å². The molecule has 0 radical (unpaired) electrons. The van der Waals surface area contributed by atoms with Gasteiger partial charge in [0.05, 0.1) is 0 Å². The van der Waals surface area contributed by atoms with Crippen molar-refractivity contribution in [3.63, 3.8) is 0 Å². The number of fused-ring (bicyclic) bond motifs is 1. The molecule has 3 rings (SSSR count). The van der Waals surface area contributed by atoms with E-state index in [1.54, 1.807) is 0 Å². The Morgan fingerprint density at radius 2 is 1.93 bits per heavy atom. The monoisotopic (exact) mass is 186 g/mol.